The molecule has 0 heterocycles. The Morgan fingerprint density at radius 3 is 2.36 bits per heavy atom. The van der Waals surface area contributed by atoms with Crippen molar-refractivity contribution in [3.05, 3.63) is 95.6 Å². The highest BCUT2D eigenvalue weighted by Gasteiger charge is 2.30. The van der Waals surface area contributed by atoms with E-state index in [0.717, 1.165) is 29.5 Å². The number of unbranched alkanes of at least 4 members (excludes halogenated alkanes) is 1. The summed E-state index contributed by atoms with van der Waals surface area (Å²) in [5.74, 6) is 0.893. The zero-order valence-corrected chi connectivity index (χ0v) is 21.4. The number of carbonyl (C=O) groups excluding carboxylic acids is 2. The molecule has 36 heavy (non-hydrogen) atoms. The number of nitrogens with one attached hydrogen (secondary N) is 1. The number of carbonyl (C=O) groups is 2. The molecular weight excluding hydrogens is 452 g/mol. The number of aryl methyl sites for hydroxylation is 1. The second-order valence-electron chi connectivity index (χ2n) is 8.83. The second-order valence-corrected chi connectivity index (χ2v) is 8.83. The van der Waals surface area contributed by atoms with Crippen LogP contribution in [0.2, 0.25) is 0 Å². The average molecular weight is 489 g/mol. The number of rotatable bonds is 13. The fourth-order valence-electron chi connectivity index (χ4n) is 3.96. The van der Waals surface area contributed by atoms with Crippen molar-refractivity contribution in [3.8, 4) is 11.5 Å². The van der Waals surface area contributed by atoms with Gasteiger partial charge in [0.15, 0.2) is 6.61 Å². The minimum Gasteiger partial charge on any atom is -0.497 e. The molecule has 0 bridgehead atoms. The van der Waals surface area contributed by atoms with Crippen LogP contribution in [0.25, 0.3) is 0 Å². The Hall–Kier alpha value is -3.80. The first-order valence-corrected chi connectivity index (χ1v) is 12.4. The average Bonchev–Trinajstić information content (AvgIpc) is 2.90. The normalized spacial score (nSPS) is 11.4. The van der Waals surface area contributed by atoms with E-state index in [1.807, 2.05) is 85.8 Å². The van der Waals surface area contributed by atoms with Crippen LogP contribution in [0.4, 0.5) is 0 Å². The summed E-state index contributed by atoms with van der Waals surface area (Å²) in [5, 5.41) is 3.03. The van der Waals surface area contributed by atoms with Crippen molar-refractivity contribution in [3.63, 3.8) is 0 Å². The lowest BCUT2D eigenvalue weighted by molar-refractivity contribution is -0.142. The molecule has 6 heteroatoms. The van der Waals surface area contributed by atoms with Crippen LogP contribution in [0.15, 0.2) is 78.9 Å². The molecule has 0 unspecified atom stereocenters. The lowest BCUT2D eigenvalue weighted by Gasteiger charge is -2.31. The molecule has 0 aromatic heterocycles. The Kier molecular flexibility index (Phi) is 10.4. The molecule has 0 fully saturated rings. The zero-order valence-electron chi connectivity index (χ0n) is 21.4. The van der Waals surface area contributed by atoms with Gasteiger partial charge < -0.3 is 19.7 Å². The Morgan fingerprint density at radius 2 is 1.64 bits per heavy atom. The molecule has 3 aromatic carbocycles. The number of hydrogen-bond donors (Lipinski definition) is 1. The highest BCUT2D eigenvalue weighted by molar-refractivity contribution is 5.88. The van der Waals surface area contributed by atoms with Gasteiger partial charge in [-0.1, -0.05) is 67.9 Å². The van der Waals surface area contributed by atoms with Gasteiger partial charge in [-0.25, -0.2) is 0 Å². The largest absolute Gasteiger partial charge is 0.497 e. The standard InChI is InChI=1S/C30H36N2O4/c1-4-5-17-31-30(34)28(20-24-12-7-6-8-13-24)32(21-25-14-10-15-26(19-25)35-3)29(33)22-36-27-16-9-11-23(2)18-27/h6-16,18-19,28H,4-5,17,20-22H2,1-3H3,(H,31,34)/t28-/m1/s1. The third-order valence-corrected chi connectivity index (χ3v) is 5.94. The molecular formula is C30H36N2O4. The number of benzene rings is 3. The summed E-state index contributed by atoms with van der Waals surface area (Å²) in [6.45, 7) is 4.71. The van der Waals surface area contributed by atoms with Gasteiger partial charge in [0, 0.05) is 19.5 Å². The fourth-order valence-corrected chi connectivity index (χ4v) is 3.96. The van der Waals surface area contributed by atoms with Gasteiger partial charge in [-0.15, -0.1) is 0 Å². The Labute approximate surface area is 214 Å². The highest BCUT2D eigenvalue weighted by atomic mass is 16.5. The molecule has 0 spiro atoms. The van der Waals surface area contributed by atoms with Crippen molar-refractivity contribution >= 4 is 11.8 Å². The Morgan fingerprint density at radius 1 is 0.917 bits per heavy atom. The number of amides is 2. The van der Waals surface area contributed by atoms with Crippen LogP contribution in [0.3, 0.4) is 0 Å². The molecule has 0 radical (unpaired) electrons. The maximum atomic E-state index is 13.6. The SMILES string of the molecule is CCCCNC(=O)[C@@H](Cc1ccccc1)N(Cc1cccc(OC)c1)C(=O)COc1cccc(C)c1. The molecule has 0 aliphatic rings. The molecule has 0 aliphatic heterocycles. The number of hydrogen-bond acceptors (Lipinski definition) is 4. The van der Waals surface area contributed by atoms with Gasteiger partial charge in [0.2, 0.25) is 5.91 Å². The summed E-state index contributed by atoms with van der Waals surface area (Å²) in [6.07, 6.45) is 2.25. The second kappa shape index (κ2) is 13.9. The van der Waals surface area contributed by atoms with E-state index in [1.54, 1.807) is 12.0 Å². The van der Waals surface area contributed by atoms with E-state index in [0.29, 0.717) is 24.5 Å². The van der Waals surface area contributed by atoms with Crippen molar-refractivity contribution in [2.75, 3.05) is 20.3 Å². The highest BCUT2D eigenvalue weighted by Crippen LogP contribution is 2.19. The summed E-state index contributed by atoms with van der Waals surface area (Å²) >= 11 is 0. The maximum absolute atomic E-state index is 13.6. The fraction of sp³-hybridized carbons (Fsp3) is 0.333. The van der Waals surface area contributed by atoms with Gasteiger partial charge in [-0.05, 0) is 54.3 Å². The van der Waals surface area contributed by atoms with Crippen molar-refractivity contribution in [1.82, 2.24) is 10.2 Å². The lowest BCUT2D eigenvalue weighted by Crippen LogP contribution is -2.51. The first-order valence-electron chi connectivity index (χ1n) is 12.4. The van der Waals surface area contributed by atoms with Crippen molar-refractivity contribution < 1.29 is 19.1 Å². The summed E-state index contributed by atoms with van der Waals surface area (Å²) in [4.78, 5) is 28.7. The minimum atomic E-state index is -0.691. The third-order valence-electron chi connectivity index (χ3n) is 5.94. The van der Waals surface area contributed by atoms with Gasteiger partial charge >= 0.3 is 0 Å². The molecule has 1 N–H and O–H groups in total. The van der Waals surface area contributed by atoms with Gasteiger partial charge in [-0.3, -0.25) is 9.59 Å². The molecule has 2 amide bonds. The van der Waals surface area contributed by atoms with Crippen LogP contribution in [0.1, 0.15) is 36.5 Å². The van der Waals surface area contributed by atoms with Gasteiger partial charge in [0.1, 0.15) is 17.5 Å². The van der Waals surface area contributed by atoms with E-state index < -0.39 is 6.04 Å². The molecule has 0 saturated carbocycles. The summed E-state index contributed by atoms with van der Waals surface area (Å²) in [5.41, 5.74) is 2.90. The van der Waals surface area contributed by atoms with Gasteiger partial charge in [0.05, 0.1) is 7.11 Å². The van der Waals surface area contributed by atoms with Crippen molar-refractivity contribution in [2.24, 2.45) is 0 Å². The first kappa shape index (κ1) is 26.8. The summed E-state index contributed by atoms with van der Waals surface area (Å²) in [6, 6.07) is 24.2. The van der Waals surface area contributed by atoms with Crippen LogP contribution in [0.5, 0.6) is 11.5 Å². The van der Waals surface area contributed by atoms with Gasteiger partial charge in [-0.2, -0.15) is 0 Å². The van der Waals surface area contributed by atoms with Crippen LogP contribution in [0, 0.1) is 6.92 Å². The van der Waals surface area contributed by atoms with E-state index in [4.69, 9.17) is 9.47 Å². The number of nitrogens with zero attached hydrogens (tertiary/aromatic N) is 1. The monoisotopic (exact) mass is 488 g/mol. The van der Waals surface area contributed by atoms with Crippen LogP contribution in [-0.4, -0.2) is 43.0 Å². The lowest BCUT2D eigenvalue weighted by atomic mass is 10.0. The van der Waals surface area contributed by atoms with Crippen molar-refractivity contribution in [1.29, 1.82) is 0 Å². The first-order chi connectivity index (χ1) is 17.5. The molecule has 6 nitrogen and oxygen atoms in total. The minimum absolute atomic E-state index is 0.166. The van der Waals surface area contributed by atoms with E-state index in [-0.39, 0.29) is 25.0 Å². The smallest absolute Gasteiger partial charge is 0.261 e. The molecule has 3 rings (SSSR count). The van der Waals surface area contributed by atoms with E-state index in [1.165, 1.54) is 0 Å². The maximum Gasteiger partial charge on any atom is 0.261 e. The quantitative estimate of drug-likeness (QED) is 0.346. The predicted octanol–water partition coefficient (Wildman–Crippen LogP) is 4.94. The molecule has 190 valence electrons. The molecule has 0 aliphatic carbocycles. The number of ether oxygens (including phenoxy) is 2. The summed E-state index contributed by atoms with van der Waals surface area (Å²) in [7, 11) is 1.61. The molecule has 0 saturated heterocycles. The number of methoxy groups -OCH3 is 1. The predicted molar refractivity (Wildman–Crippen MR) is 142 cm³/mol. The van der Waals surface area contributed by atoms with E-state index >= 15 is 0 Å². The van der Waals surface area contributed by atoms with Gasteiger partial charge in [0.25, 0.3) is 5.91 Å². The topological polar surface area (TPSA) is 67.9 Å². The Balaban J connectivity index is 1.90. The van der Waals surface area contributed by atoms with Crippen molar-refractivity contribution in [2.45, 2.75) is 45.7 Å². The van der Waals surface area contributed by atoms with E-state index in [9.17, 15) is 9.59 Å². The zero-order chi connectivity index (χ0) is 25.8. The molecule has 3 aromatic rings. The third kappa shape index (κ3) is 8.15. The van der Waals surface area contributed by atoms with Crippen LogP contribution in [-0.2, 0) is 22.6 Å². The van der Waals surface area contributed by atoms with Crippen LogP contribution < -0.4 is 14.8 Å². The van der Waals surface area contributed by atoms with E-state index in [2.05, 4.69) is 12.2 Å². The molecule has 1 atom stereocenters. The van der Waals surface area contributed by atoms with Crippen LogP contribution >= 0.6 is 0 Å². The summed E-state index contributed by atoms with van der Waals surface area (Å²) < 4.78 is 11.2. The Bertz CT molecular complexity index is 1120.